The lowest BCUT2D eigenvalue weighted by Gasteiger charge is -2.41. The summed E-state index contributed by atoms with van der Waals surface area (Å²) < 4.78 is 41.9. The number of rotatable bonds is 17. The predicted molar refractivity (Wildman–Crippen MR) is 174 cm³/mol. The van der Waals surface area contributed by atoms with Gasteiger partial charge in [-0.05, 0) is 44.9 Å². The van der Waals surface area contributed by atoms with Crippen LogP contribution in [0.15, 0.2) is 0 Å². The molecule has 7 atom stereocenters. The highest BCUT2D eigenvalue weighted by atomic mass is 19.1. The largest absolute Gasteiger partial charge is 0.394 e. The molecule has 3 heterocycles. The van der Waals surface area contributed by atoms with Crippen molar-refractivity contribution in [3.05, 3.63) is 0 Å². The predicted octanol–water partition coefficient (Wildman–Crippen LogP) is -1.38. The summed E-state index contributed by atoms with van der Waals surface area (Å²) in [7, 11) is 0. The minimum atomic E-state index is -1.81. The molecular weight excluding hydrogens is 648 g/mol. The number of likely N-dealkylation sites (tertiary alicyclic amines) is 2. The van der Waals surface area contributed by atoms with E-state index in [1.165, 1.54) is 4.90 Å². The van der Waals surface area contributed by atoms with Crippen molar-refractivity contribution >= 4 is 11.8 Å². The Morgan fingerprint density at radius 3 is 2.20 bits per heavy atom. The van der Waals surface area contributed by atoms with Crippen molar-refractivity contribution in [3.8, 4) is 0 Å². The zero-order valence-electron chi connectivity index (χ0n) is 28.7. The smallest absolute Gasteiger partial charge is 0.225 e. The van der Waals surface area contributed by atoms with E-state index in [-0.39, 0.29) is 44.7 Å². The molecule has 2 amide bonds. The van der Waals surface area contributed by atoms with Crippen LogP contribution in [0.4, 0.5) is 8.78 Å². The quantitative estimate of drug-likeness (QED) is 0.0828. The van der Waals surface area contributed by atoms with Gasteiger partial charge in [0.05, 0.1) is 30.8 Å². The number of aliphatic hydroxyl groups is 5. The van der Waals surface area contributed by atoms with E-state index in [1.54, 1.807) is 0 Å². The zero-order chi connectivity index (χ0) is 35.5. The number of aliphatic hydroxyl groups excluding tert-OH is 5. The Morgan fingerprint density at radius 1 is 0.918 bits per heavy atom. The monoisotopic (exact) mass is 707 g/mol. The van der Waals surface area contributed by atoms with Gasteiger partial charge in [0.25, 0.3) is 0 Å². The first-order chi connectivity index (χ1) is 23.5. The molecule has 0 spiro atoms. The molecule has 3 aliphatic heterocycles. The van der Waals surface area contributed by atoms with Gasteiger partial charge in [-0.1, -0.05) is 0 Å². The molecule has 0 radical (unpaired) electrons. The molecule has 49 heavy (non-hydrogen) atoms. The third-order valence-corrected chi connectivity index (χ3v) is 10.6. The number of nitrogens with one attached hydrogen (secondary N) is 3. The first-order valence-corrected chi connectivity index (χ1v) is 18.1. The van der Waals surface area contributed by atoms with Gasteiger partial charge in [0.1, 0.15) is 36.9 Å². The first-order valence-electron chi connectivity index (χ1n) is 18.1. The molecule has 16 heteroatoms. The lowest BCUT2D eigenvalue weighted by atomic mass is 9.81. The maximum Gasteiger partial charge on any atom is 0.225 e. The topological polar surface area (TPSA) is 196 Å². The van der Waals surface area contributed by atoms with E-state index in [1.807, 2.05) is 6.92 Å². The number of amides is 2. The molecule has 8 N–H and O–H groups in total. The van der Waals surface area contributed by atoms with Gasteiger partial charge >= 0.3 is 0 Å². The summed E-state index contributed by atoms with van der Waals surface area (Å²) in [6.45, 7) is 5.94. The van der Waals surface area contributed by atoms with E-state index in [2.05, 4.69) is 20.9 Å². The third kappa shape index (κ3) is 11.7. The maximum atomic E-state index is 15.2. The molecule has 2 unspecified atom stereocenters. The molecule has 14 nitrogen and oxygen atoms in total. The number of ether oxygens (including phenoxy) is 2. The molecule has 4 fully saturated rings. The highest BCUT2D eigenvalue weighted by molar-refractivity contribution is 5.82. The maximum absolute atomic E-state index is 15.2. The third-order valence-electron chi connectivity index (χ3n) is 10.6. The van der Waals surface area contributed by atoms with Crippen LogP contribution in [0.5, 0.6) is 0 Å². The highest BCUT2D eigenvalue weighted by Crippen LogP contribution is 2.35. The van der Waals surface area contributed by atoms with E-state index in [0.29, 0.717) is 25.6 Å². The average molecular weight is 708 g/mol. The van der Waals surface area contributed by atoms with Gasteiger partial charge in [0.2, 0.25) is 11.8 Å². The standard InChI is InChI=1S/C33H59F2N5O9/c1-2-48-23-15-37-33(38-16-23)39-8-5-20(6-9-39)4-3-11-49-22-12-25(34)24(26(35)13-22)14-29(44)40-10-7-21(18-40)32(47)36-17-27(42)30(45)31(46)28(43)19-41/h20-28,30-31,33,37-38,41-43,45-46H,2-19H2,1H3,(H,36,47)/t21-,22?,23?,24?,25?,26?,27-,28+,30+,31+,33?/m0/s1. The number of carbonyl (C=O) groups is 2. The summed E-state index contributed by atoms with van der Waals surface area (Å²) in [5.74, 6) is -1.98. The number of piperidine rings is 1. The van der Waals surface area contributed by atoms with Crippen LogP contribution in [0.25, 0.3) is 0 Å². The second-order valence-corrected chi connectivity index (χ2v) is 14.2. The number of carbonyl (C=O) groups excluding carboxylic acids is 2. The summed E-state index contributed by atoms with van der Waals surface area (Å²) in [4.78, 5) is 29.4. The van der Waals surface area contributed by atoms with Gasteiger partial charge in [-0.15, -0.1) is 0 Å². The number of alkyl halides is 2. The van der Waals surface area contributed by atoms with Crippen LogP contribution in [0, 0.1) is 17.8 Å². The molecule has 1 saturated carbocycles. The molecule has 0 aromatic rings. The summed E-state index contributed by atoms with van der Waals surface area (Å²) >= 11 is 0. The van der Waals surface area contributed by atoms with E-state index in [4.69, 9.17) is 14.6 Å². The van der Waals surface area contributed by atoms with Crippen molar-refractivity contribution in [3.63, 3.8) is 0 Å². The SMILES string of the molecule is CCOC1CNC(N2CCC(CCCOC3CC(F)C(CC(=O)N4CC[C@H](C(=O)NC[C@H](O)[C@@H](O)[C@H](O)[C@H](O)CO)C4)C(F)C3)CC2)NC1. The van der Waals surface area contributed by atoms with Crippen LogP contribution in [-0.2, 0) is 19.1 Å². The van der Waals surface area contributed by atoms with Crippen molar-refractivity contribution in [1.82, 2.24) is 25.8 Å². The van der Waals surface area contributed by atoms with Crippen molar-refractivity contribution < 1.29 is 53.4 Å². The molecule has 0 bridgehead atoms. The summed E-state index contributed by atoms with van der Waals surface area (Å²) in [6.07, 6.45) is -5.86. The van der Waals surface area contributed by atoms with E-state index in [9.17, 15) is 30.0 Å². The Bertz CT molecular complexity index is 996. The molecular formula is C33H59F2N5O9. The molecule has 4 aliphatic rings. The Kier molecular flexibility index (Phi) is 16.3. The number of hydrogen-bond donors (Lipinski definition) is 8. The van der Waals surface area contributed by atoms with Crippen LogP contribution in [0.3, 0.4) is 0 Å². The molecule has 3 saturated heterocycles. The summed E-state index contributed by atoms with van der Waals surface area (Å²) in [6, 6.07) is 0. The lowest BCUT2D eigenvalue weighted by Crippen LogP contribution is -2.64. The van der Waals surface area contributed by atoms with E-state index < -0.39 is 79.7 Å². The second-order valence-electron chi connectivity index (χ2n) is 14.2. The normalized spacial score (nSPS) is 32.8. The second kappa shape index (κ2) is 19.9. The van der Waals surface area contributed by atoms with E-state index in [0.717, 1.165) is 51.9 Å². The Morgan fingerprint density at radius 2 is 1.57 bits per heavy atom. The molecule has 4 rings (SSSR count). The fourth-order valence-electron chi connectivity index (χ4n) is 7.50. The van der Waals surface area contributed by atoms with Gasteiger partial charge in [-0.3, -0.25) is 25.1 Å². The lowest BCUT2D eigenvalue weighted by molar-refractivity contribution is -0.135. The van der Waals surface area contributed by atoms with Crippen molar-refractivity contribution in [2.45, 2.75) is 114 Å². The van der Waals surface area contributed by atoms with Crippen molar-refractivity contribution in [2.24, 2.45) is 17.8 Å². The molecule has 0 aromatic heterocycles. The molecule has 0 aromatic carbocycles. The van der Waals surface area contributed by atoms with Crippen LogP contribution in [0.2, 0.25) is 0 Å². The Balaban J connectivity index is 1.08. The zero-order valence-corrected chi connectivity index (χ0v) is 28.7. The fourth-order valence-corrected chi connectivity index (χ4v) is 7.50. The van der Waals surface area contributed by atoms with Gasteiger partial charge < -0.3 is 45.2 Å². The van der Waals surface area contributed by atoms with Crippen LogP contribution < -0.4 is 16.0 Å². The number of nitrogens with zero attached hydrogens (tertiary/aromatic N) is 2. The van der Waals surface area contributed by atoms with Crippen molar-refractivity contribution in [2.75, 3.05) is 65.6 Å². The van der Waals surface area contributed by atoms with Gasteiger partial charge in [-0.2, -0.15) is 0 Å². The average Bonchev–Trinajstić information content (AvgIpc) is 3.61. The van der Waals surface area contributed by atoms with E-state index >= 15 is 8.78 Å². The minimum Gasteiger partial charge on any atom is -0.394 e. The van der Waals surface area contributed by atoms with Crippen LogP contribution >= 0.6 is 0 Å². The summed E-state index contributed by atoms with van der Waals surface area (Å²) in [5, 5.41) is 57.4. The van der Waals surface area contributed by atoms with Crippen molar-refractivity contribution in [1.29, 1.82) is 0 Å². The Hall–Kier alpha value is -1.60. The first kappa shape index (κ1) is 40.2. The van der Waals surface area contributed by atoms with Crippen LogP contribution in [-0.4, -0.2) is 168 Å². The van der Waals surface area contributed by atoms with Crippen LogP contribution in [0.1, 0.15) is 58.3 Å². The summed E-state index contributed by atoms with van der Waals surface area (Å²) in [5.41, 5.74) is 0. The number of halogens is 2. The van der Waals surface area contributed by atoms with Gasteiger partial charge in [0.15, 0.2) is 0 Å². The fraction of sp³-hybridized carbons (Fsp3) is 0.939. The van der Waals surface area contributed by atoms with Gasteiger partial charge in [-0.25, -0.2) is 8.78 Å². The highest BCUT2D eigenvalue weighted by Gasteiger charge is 2.42. The minimum absolute atomic E-state index is 0.0472. The van der Waals surface area contributed by atoms with Gasteiger partial charge in [0, 0.05) is 84.2 Å². The number of hydrogen-bond acceptors (Lipinski definition) is 12. The molecule has 284 valence electrons. The Labute approximate surface area is 287 Å². The molecule has 1 aliphatic carbocycles.